The molecule has 15 heavy (non-hydrogen) atoms. The van der Waals surface area contributed by atoms with Gasteiger partial charge in [-0.3, -0.25) is 4.79 Å². The lowest BCUT2D eigenvalue weighted by molar-refractivity contribution is -0.125. The van der Waals surface area contributed by atoms with E-state index in [0.717, 1.165) is 19.4 Å². The average Bonchev–Trinajstić information content (AvgIpc) is 2.18. The predicted octanol–water partition coefficient (Wildman–Crippen LogP) is 0.670. The SMILES string of the molecule is COCC(C)(C)NC(=O)C1CCCCN1. The molecule has 1 amide bonds. The van der Waals surface area contributed by atoms with E-state index in [-0.39, 0.29) is 17.5 Å². The Morgan fingerprint density at radius 2 is 2.27 bits per heavy atom. The Kier molecular flexibility index (Phi) is 4.54. The molecule has 1 unspecified atom stereocenters. The maximum atomic E-state index is 11.9. The van der Waals surface area contributed by atoms with Crippen LogP contribution < -0.4 is 10.6 Å². The van der Waals surface area contributed by atoms with Crippen LogP contribution in [0.5, 0.6) is 0 Å². The van der Waals surface area contributed by atoms with E-state index in [9.17, 15) is 4.79 Å². The summed E-state index contributed by atoms with van der Waals surface area (Å²) in [6.45, 7) is 5.42. The molecule has 88 valence electrons. The zero-order chi connectivity index (χ0) is 11.3. The van der Waals surface area contributed by atoms with Crippen LogP contribution >= 0.6 is 0 Å². The van der Waals surface area contributed by atoms with Crippen molar-refractivity contribution < 1.29 is 9.53 Å². The van der Waals surface area contributed by atoms with Gasteiger partial charge in [-0.25, -0.2) is 0 Å². The zero-order valence-electron chi connectivity index (χ0n) is 9.93. The number of carbonyl (C=O) groups excluding carboxylic acids is 1. The number of carbonyl (C=O) groups is 1. The van der Waals surface area contributed by atoms with Crippen LogP contribution in [0.15, 0.2) is 0 Å². The van der Waals surface area contributed by atoms with E-state index in [2.05, 4.69) is 10.6 Å². The summed E-state index contributed by atoms with van der Waals surface area (Å²) >= 11 is 0. The fourth-order valence-electron chi connectivity index (χ4n) is 1.89. The minimum Gasteiger partial charge on any atom is -0.382 e. The van der Waals surface area contributed by atoms with Gasteiger partial charge in [-0.2, -0.15) is 0 Å². The molecule has 0 saturated carbocycles. The summed E-state index contributed by atoms with van der Waals surface area (Å²) in [6.07, 6.45) is 3.25. The van der Waals surface area contributed by atoms with Crippen LogP contribution in [-0.4, -0.2) is 37.7 Å². The second kappa shape index (κ2) is 5.47. The van der Waals surface area contributed by atoms with E-state index >= 15 is 0 Å². The molecule has 1 saturated heterocycles. The number of amides is 1. The van der Waals surface area contributed by atoms with Crippen molar-refractivity contribution in [2.45, 2.75) is 44.7 Å². The molecule has 1 aliphatic heterocycles. The summed E-state index contributed by atoms with van der Waals surface area (Å²) in [4.78, 5) is 11.9. The number of hydrogen-bond donors (Lipinski definition) is 2. The molecule has 1 fully saturated rings. The largest absolute Gasteiger partial charge is 0.382 e. The van der Waals surface area contributed by atoms with E-state index in [1.54, 1.807) is 7.11 Å². The van der Waals surface area contributed by atoms with Crippen LogP contribution in [0.25, 0.3) is 0 Å². The topological polar surface area (TPSA) is 50.4 Å². The van der Waals surface area contributed by atoms with Gasteiger partial charge in [0, 0.05) is 7.11 Å². The molecule has 1 atom stereocenters. The molecule has 0 aromatic rings. The Hall–Kier alpha value is -0.610. The van der Waals surface area contributed by atoms with Crippen molar-refractivity contribution in [3.05, 3.63) is 0 Å². The Balaban J connectivity index is 2.39. The number of piperidine rings is 1. The van der Waals surface area contributed by atoms with Crippen molar-refractivity contribution in [1.82, 2.24) is 10.6 Å². The molecule has 0 aliphatic carbocycles. The predicted molar refractivity (Wildman–Crippen MR) is 59.7 cm³/mol. The van der Waals surface area contributed by atoms with E-state index in [4.69, 9.17) is 4.74 Å². The lowest BCUT2D eigenvalue weighted by atomic mass is 10.0. The van der Waals surface area contributed by atoms with E-state index in [1.807, 2.05) is 13.8 Å². The Bertz CT molecular complexity index is 211. The zero-order valence-corrected chi connectivity index (χ0v) is 9.93. The number of ether oxygens (including phenoxy) is 1. The first-order chi connectivity index (χ1) is 7.05. The first-order valence-corrected chi connectivity index (χ1v) is 5.59. The fourth-order valence-corrected chi connectivity index (χ4v) is 1.89. The maximum Gasteiger partial charge on any atom is 0.237 e. The highest BCUT2D eigenvalue weighted by atomic mass is 16.5. The fraction of sp³-hybridized carbons (Fsp3) is 0.909. The molecular weight excluding hydrogens is 192 g/mol. The van der Waals surface area contributed by atoms with Crippen LogP contribution in [0, 0.1) is 0 Å². The van der Waals surface area contributed by atoms with Gasteiger partial charge >= 0.3 is 0 Å². The first-order valence-electron chi connectivity index (χ1n) is 5.59. The molecule has 0 aromatic carbocycles. The smallest absolute Gasteiger partial charge is 0.237 e. The quantitative estimate of drug-likeness (QED) is 0.723. The van der Waals surface area contributed by atoms with Crippen molar-refractivity contribution >= 4 is 5.91 Å². The summed E-state index contributed by atoms with van der Waals surface area (Å²) < 4.78 is 5.06. The third kappa shape index (κ3) is 4.18. The summed E-state index contributed by atoms with van der Waals surface area (Å²) in [5.41, 5.74) is -0.287. The second-order valence-electron chi connectivity index (χ2n) is 4.81. The Morgan fingerprint density at radius 3 is 2.80 bits per heavy atom. The van der Waals surface area contributed by atoms with Crippen molar-refractivity contribution in [2.24, 2.45) is 0 Å². The molecule has 1 rings (SSSR count). The van der Waals surface area contributed by atoms with Gasteiger partial charge < -0.3 is 15.4 Å². The highest BCUT2D eigenvalue weighted by Gasteiger charge is 2.26. The third-order valence-electron chi connectivity index (χ3n) is 2.59. The van der Waals surface area contributed by atoms with Gasteiger partial charge in [-0.15, -0.1) is 0 Å². The minimum absolute atomic E-state index is 0.0186. The molecule has 0 bridgehead atoms. The van der Waals surface area contributed by atoms with E-state index in [0.29, 0.717) is 6.61 Å². The van der Waals surface area contributed by atoms with Crippen LogP contribution in [0.1, 0.15) is 33.1 Å². The highest BCUT2D eigenvalue weighted by Crippen LogP contribution is 2.09. The molecule has 0 aromatic heterocycles. The van der Waals surface area contributed by atoms with E-state index < -0.39 is 0 Å². The van der Waals surface area contributed by atoms with Gasteiger partial charge in [0.2, 0.25) is 5.91 Å². The molecule has 4 heteroatoms. The standard InChI is InChI=1S/C11H22N2O2/c1-11(2,8-15-3)13-10(14)9-6-4-5-7-12-9/h9,12H,4-8H2,1-3H3,(H,13,14). The molecule has 1 heterocycles. The van der Waals surface area contributed by atoms with Crippen LogP contribution in [0.3, 0.4) is 0 Å². The molecule has 2 N–H and O–H groups in total. The van der Waals surface area contributed by atoms with Gasteiger partial charge in [0.15, 0.2) is 0 Å². The van der Waals surface area contributed by atoms with Crippen molar-refractivity contribution in [2.75, 3.05) is 20.3 Å². The Morgan fingerprint density at radius 1 is 1.53 bits per heavy atom. The van der Waals surface area contributed by atoms with Gasteiger partial charge in [0.25, 0.3) is 0 Å². The summed E-state index contributed by atoms with van der Waals surface area (Å²) in [5, 5.41) is 6.23. The van der Waals surface area contributed by atoms with Gasteiger partial charge in [-0.05, 0) is 33.2 Å². The monoisotopic (exact) mass is 214 g/mol. The molecule has 4 nitrogen and oxygen atoms in total. The van der Waals surface area contributed by atoms with Gasteiger partial charge in [0.1, 0.15) is 0 Å². The summed E-state index contributed by atoms with van der Waals surface area (Å²) in [6, 6.07) is -0.0186. The van der Waals surface area contributed by atoms with Crippen molar-refractivity contribution in [3.63, 3.8) is 0 Å². The van der Waals surface area contributed by atoms with Crippen LogP contribution in [-0.2, 0) is 9.53 Å². The molecular formula is C11H22N2O2. The number of rotatable bonds is 4. The first kappa shape index (κ1) is 12.5. The van der Waals surface area contributed by atoms with E-state index in [1.165, 1.54) is 6.42 Å². The summed E-state index contributed by atoms with van der Waals surface area (Å²) in [7, 11) is 1.65. The van der Waals surface area contributed by atoms with Gasteiger partial charge in [0.05, 0.1) is 18.2 Å². The molecule has 0 spiro atoms. The number of nitrogens with one attached hydrogen (secondary N) is 2. The number of hydrogen-bond acceptors (Lipinski definition) is 3. The van der Waals surface area contributed by atoms with Crippen LogP contribution in [0.4, 0.5) is 0 Å². The average molecular weight is 214 g/mol. The normalized spacial score (nSPS) is 22.5. The Labute approximate surface area is 91.8 Å². The van der Waals surface area contributed by atoms with Crippen LogP contribution in [0.2, 0.25) is 0 Å². The molecule has 0 radical (unpaired) electrons. The third-order valence-corrected chi connectivity index (χ3v) is 2.59. The second-order valence-corrected chi connectivity index (χ2v) is 4.81. The van der Waals surface area contributed by atoms with Crippen molar-refractivity contribution in [3.8, 4) is 0 Å². The highest BCUT2D eigenvalue weighted by molar-refractivity contribution is 5.82. The lowest BCUT2D eigenvalue weighted by Crippen LogP contribution is -2.54. The van der Waals surface area contributed by atoms with Crippen molar-refractivity contribution in [1.29, 1.82) is 0 Å². The number of methoxy groups -OCH3 is 1. The minimum atomic E-state index is -0.287. The lowest BCUT2D eigenvalue weighted by Gasteiger charge is -2.30. The maximum absolute atomic E-state index is 11.9. The molecule has 1 aliphatic rings. The van der Waals surface area contributed by atoms with Gasteiger partial charge in [-0.1, -0.05) is 6.42 Å². The summed E-state index contributed by atoms with van der Waals surface area (Å²) in [5.74, 6) is 0.0942.